The molecule has 0 spiro atoms. The molecule has 0 atom stereocenters. The monoisotopic (exact) mass is 351 g/mol. The first-order valence-corrected chi connectivity index (χ1v) is 6.90. The van der Waals surface area contributed by atoms with E-state index in [0.29, 0.717) is 0 Å². The van der Waals surface area contributed by atoms with E-state index in [0.717, 1.165) is 19.2 Å². The van der Waals surface area contributed by atoms with Crippen molar-refractivity contribution in [2.45, 2.75) is 5.51 Å². The Kier molecular flexibility index (Phi) is 4.78. The summed E-state index contributed by atoms with van der Waals surface area (Å²) >= 11 is 11.2. The first-order chi connectivity index (χ1) is 8.99. The first kappa shape index (κ1) is 16.9. The molecule has 0 aromatic heterocycles. The van der Waals surface area contributed by atoms with Crippen molar-refractivity contribution in [2.75, 3.05) is 11.8 Å². The number of hydrogen-bond donors (Lipinski definition) is 1. The van der Waals surface area contributed by atoms with Crippen LogP contribution in [-0.4, -0.2) is 27.0 Å². The third-order valence-electron chi connectivity index (χ3n) is 1.99. The number of anilines is 1. The Morgan fingerprint density at radius 1 is 1.30 bits per heavy atom. The number of ether oxygens (including phenoxy) is 1. The van der Waals surface area contributed by atoms with Gasteiger partial charge in [-0.25, -0.2) is 4.79 Å². The molecule has 0 saturated carbocycles. The lowest BCUT2D eigenvalue weighted by molar-refractivity contribution is -0.0429. The molecule has 0 bridgehead atoms. The van der Waals surface area contributed by atoms with Gasteiger partial charge in [-0.1, -0.05) is 23.2 Å². The average Bonchev–Trinajstić information content (AvgIpc) is 2.30. The zero-order chi connectivity index (χ0) is 15.7. The Morgan fingerprint density at radius 2 is 1.85 bits per heavy atom. The zero-order valence-electron chi connectivity index (χ0n) is 9.59. The van der Waals surface area contributed by atoms with Gasteiger partial charge in [-0.3, -0.25) is 4.72 Å². The Bertz CT molecular complexity index is 645. The lowest BCUT2D eigenvalue weighted by Crippen LogP contribution is -2.30. The molecule has 0 heterocycles. The smallest absolute Gasteiger partial charge is 0.465 e. The molecule has 0 unspecified atom stereocenters. The number of halogens is 5. The molecule has 1 aromatic rings. The minimum absolute atomic E-state index is 0.199. The summed E-state index contributed by atoms with van der Waals surface area (Å²) in [6, 6.07) is 1.86. The minimum atomic E-state index is -5.68. The van der Waals surface area contributed by atoms with Crippen LogP contribution in [0, 0.1) is 0 Å². The maximum atomic E-state index is 12.3. The quantitative estimate of drug-likeness (QED) is 0.849. The SMILES string of the molecule is COC(=O)c1cc(Cl)cc(NS(=O)(=O)C(F)(F)F)c1Cl. The Morgan fingerprint density at radius 3 is 2.30 bits per heavy atom. The van der Waals surface area contributed by atoms with E-state index in [1.165, 1.54) is 4.72 Å². The van der Waals surface area contributed by atoms with Gasteiger partial charge < -0.3 is 4.74 Å². The fraction of sp³-hybridized carbons (Fsp3) is 0.222. The minimum Gasteiger partial charge on any atom is -0.465 e. The van der Waals surface area contributed by atoms with E-state index in [4.69, 9.17) is 23.2 Å². The fourth-order valence-electron chi connectivity index (χ4n) is 1.12. The van der Waals surface area contributed by atoms with Crippen molar-refractivity contribution >= 4 is 44.9 Å². The Hall–Kier alpha value is -1.19. The van der Waals surface area contributed by atoms with Gasteiger partial charge in [0, 0.05) is 5.02 Å². The van der Waals surface area contributed by atoms with Gasteiger partial charge in [0.15, 0.2) is 0 Å². The number of benzene rings is 1. The van der Waals surface area contributed by atoms with Crippen LogP contribution in [0.4, 0.5) is 18.9 Å². The van der Waals surface area contributed by atoms with Gasteiger partial charge in [-0.2, -0.15) is 21.6 Å². The number of hydrogen-bond acceptors (Lipinski definition) is 4. The molecule has 1 rings (SSSR count). The van der Waals surface area contributed by atoms with Crippen molar-refractivity contribution in [2.24, 2.45) is 0 Å². The summed E-state index contributed by atoms with van der Waals surface area (Å²) in [5, 5.41) is -0.760. The Balaban J connectivity index is 3.35. The molecule has 0 saturated heterocycles. The summed E-state index contributed by atoms with van der Waals surface area (Å²) in [6.07, 6.45) is 0. The molecule has 20 heavy (non-hydrogen) atoms. The van der Waals surface area contributed by atoms with E-state index >= 15 is 0 Å². The third kappa shape index (κ3) is 3.47. The third-order valence-corrected chi connectivity index (χ3v) is 3.72. The average molecular weight is 352 g/mol. The second-order valence-corrected chi connectivity index (χ2v) is 5.85. The molecule has 0 aliphatic heterocycles. The lowest BCUT2D eigenvalue weighted by Gasteiger charge is -2.13. The van der Waals surface area contributed by atoms with Crippen LogP contribution in [0.3, 0.4) is 0 Å². The highest BCUT2D eigenvalue weighted by molar-refractivity contribution is 7.93. The first-order valence-electron chi connectivity index (χ1n) is 4.66. The second kappa shape index (κ2) is 5.66. The number of carbonyl (C=O) groups is 1. The fourth-order valence-corrected chi connectivity index (χ4v) is 2.20. The van der Waals surface area contributed by atoms with Crippen molar-refractivity contribution in [1.82, 2.24) is 0 Å². The predicted octanol–water partition coefficient (Wildman–Crippen LogP) is 3.04. The van der Waals surface area contributed by atoms with Crippen LogP contribution in [0.2, 0.25) is 10.0 Å². The van der Waals surface area contributed by atoms with Crippen molar-refractivity contribution in [3.8, 4) is 0 Å². The summed E-state index contributed by atoms with van der Waals surface area (Å²) in [5.41, 5.74) is -6.59. The zero-order valence-corrected chi connectivity index (χ0v) is 11.9. The highest BCUT2D eigenvalue weighted by atomic mass is 35.5. The number of sulfonamides is 1. The second-order valence-electron chi connectivity index (χ2n) is 3.36. The summed E-state index contributed by atoms with van der Waals surface area (Å²) in [5.74, 6) is -0.982. The lowest BCUT2D eigenvalue weighted by atomic mass is 10.2. The molecule has 1 N–H and O–H groups in total. The Labute approximate surface area is 121 Å². The largest absolute Gasteiger partial charge is 0.516 e. The van der Waals surface area contributed by atoms with Crippen molar-refractivity contribution in [1.29, 1.82) is 0 Å². The van der Waals surface area contributed by atoms with Gasteiger partial charge in [0.2, 0.25) is 0 Å². The van der Waals surface area contributed by atoms with Crippen LogP contribution in [0.25, 0.3) is 0 Å². The van der Waals surface area contributed by atoms with E-state index < -0.39 is 32.2 Å². The molecule has 11 heteroatoms. The number of rotatable bonds is 3. The standard InChI is InChI=1S/C9H6Cl2F3NO4S/c1-19-8(16)5-2-4(10)3-6(7(5)11)15-20(17,18)9(12,13)14/h2-3,15H,1H3. The van der Waals surface area contributed by atoms with Gasteiger partial charge >= 0.3 is 21.5 Å². The maximum Gasteiger partial charge on any atom is 0.516 e. The summed E-state index contributed by atoms with van der Waals surface area (Å²) in [4.78, 5) is 11.3. The molecular formula is C9H6Cl2F3NO4S. The van der Waals surface area contributed by atoms with Gasteiger partial charge in [0.25, 0.3) is 0 Å². The van der Waals surface area contributed by atoms with E-state index in [1.54, 1.807) is 0 Å². The number of alkyl halides is 3. The molecule has 0 aliphatic carbocycles. The van der Waals surface area contributed by atoms with E-state index in [2.05, 4.69) is 4.74 Å². The van der Waals surface area contributed by atoms with Gasteiger partial charge in [0.1, 0.15) is 0 Å². The van der Waals surface area contributed by atoms with Crippen LogP contribution in [-0.2, 0) is 14.8 Å². The maximum absolute atomic E-state index is 12.3. The highest BCUT2D eigenvalue weighted by Gasteiger charge is 2.46. The van der Waals surface area contributed by atoms with E-state index in [9.17, 15) is 26.4 Å². The topological polar surface area (TPSA) is 72.5 Å². The van der Waals surface area contributed by atoms with Crippen LogP contribution < -0.4 is 4.72 Å². The van der Waals surface area contributed by atoms with Gasteiger partial charge in [-0.15, -0.1) is 0 Å². The van der Waals surface area contributed by atoms with Crippen LogP contribution in [0.5, 0.6) is 0 Å². The summed E-state index contributed by atoms with van der Waals surface area (Å²) < 4.78 is 64.3. The van der Waals surface area contributed by atoms with Crippen LogP contribution >= 0.6 is 23.2 Å². The summed E-state index contributed by atoms with van der Waals surface area (Å²) in [7, 11) is -4.67. The van der Waals surface area contributed by atoms with Crippen LogP contribution in [0.15, 0.2) is 12.1 Å². The van der Waals surface area contributed by atoms with E-state index in [-0.39, 0.29) is 10.6 Å². The molecule has 1 aromatic carbocycles. The molecule has 0 radical (unpaired) electrons. The normalized spacial score (nSPS) is 12.1. The van der Waals surface area contributed by atoms with Gasteiger partial charge in [0.05, 0.1) is 23.4 Å². The molecule has 0 amide bonds. The number of carbonyl (C=O) groups excluding carboxylic acids is 1. The molecule has 112 valence electrons. The highest BCUT2D eigenvalue weighted by Crippen LogP contribution is 2.34. The summed E-state index contributed by atoms with van der Waals surface area (Å²) in [6.45, 7) is 0. The number of methoxy groups -OCH3 is 1. The number of esters is 1. The molecule has 0 aliphatic rings. The van der Waals surface area contributed by atoms with E-state index in [1.807, 2.05) is 0 Å². The van der Waals surface area contributed by atoms with Crippen molar-refractivity contribution < 1.29 is 31.1 Å². The van der Waals surface area contributed by atoms with Crippen molar-refractivity contribution in [3.05, 3.63) is 27.7 Å². The molecule has 5 nitrogen and oxygen atoms in total. The van der Waals surface area contributed by atoms with Gasteiger partial charge in [-0.05, 0) is 12.1 Å². The molecule has 0 fully saturated rings. The van der Waals surface area contributed by atoms with Crippen LogP contribution in [0.1, 0.15) is 10.4 Å². The van der Waals surface area contributed by atoms with Crippen molar-refractivity contribution in [3.63, 3.8) is 0 Å². The molecular weight excluding hydrogens is 346 g/mol. The predicted molar refractivity (Wildman–Crippen MR) is 66.4 cm³/mol. The number of nitrogens with one attached hydrogen (secondary N) is 1.